The summed E-state index contributed by atoms with van der Waals surface area (Å²) < 4.78 is 39.3. The van der Waals surface area contributed by atoms with Crippen molar-refractivity contribution in [2.45, 2.75) is 31.9 Å². The lowest BCUT2D eigenvalue weighted by Gasteiger charge is -2.35. The second-order valence-electron chi connectivity index (χ2n) is 6.25. The van der Waals surface area contributed by atoms with Gasteiger partial charge in [0.15, 0.2) is 0 Å². The van der Waals surface area contributed by atoms with Gasteiger partial charge in [0.1, 0.15) is 11.6 Å². The Labute approximate surface area is 133 Å². The maximum absolute atomic E-state index is 13.1. The van der Waals surface area contributed by atoms with E-state index in [1.54, 1.807) is 6.07 Å². The van der Waals surface area contributed by atoms with Crippen molar-refractivity contribution in [2.75, 3.05) is 42.5 Å². The van der Waals surface area contributed by atoms with E-state index in [2.05, 4.69) is 9.97 Å². The molecule has 2 N–H and O–H groups in total. The maximum Gasteiger partial charge on any atom is 0.451 e. The second-order valence-corrected chi connectivity index (χ2v) is 6.25. The Morgan fingerprint density at radius 3 is 2.04 bits per heavy atom. The van der Waals surface area contributed by atoms with Gasteiger partial charge in [0.05, 0.1) is 0 Å². The summed E-state index contributed by atoms with van der Waals surface area (Å²) in [6, 6.07) is 1.69. The molecule has 0 saturated carbocycles. The van der Waals surface area contributed by atoms with Crippen molar-refractivity contribution in [1.29, 1.82) is 0 Å². The lowest BCUT2D eigenvalue weighted by atomic mass is 9.94. The number of anilines is 2. The largest absolute Gasteiger partial charge is 0.451 e. The fourth-order valence-corrected chi connectivity index (χ4v) is 3.10. The Kier molecular flexibility index (Phi) is 4.61. The number of alkyl halides is 3. The highest BCUT2D eigenvalue weighted by Gasteiger charge is 2.37. The zero-order valence-corrected chi connectivity index (χ0v) is 13.0. The summed E-state index contributed by atoms with van der Waals surface area (Å²) in [6.07, 6.45) is -0.660. The molecule has 1 aromatic heterocycles. The minimum Gasteiger partial charge on any atom is -0.356 e. The topological polar surface area (TPSA) is 58.3 Å². The van der Waals surface area contributed by atoms with E-state index in [1.807, 2.05) is 9.80 Å². The third-order valence-electron chi connectivity index (χ3n) is 4.65. The molecule has 0 aromatic carbocycles. The van der Waals surface area contributed by atoms with Crippen LogP contribution in [0.4, 0.5) is 24.8 Å². The van der Waals surface area contributed by atoms with Crippen molar-refractivity contribution < 1.29 is 13.2 Å². The molecule has 0 aliphatic carbocycles. The zero-order chi connectivity index (χ0) is 16.4. The molecule has 23 heavy (non-hydrogen) atoms. The average molecular weight is 329 g/mol. The first-order valence-electron chi connectivity index (χ1n) is 8.13. The van der Waals surface area contributed by atoms with Gasteiger partial charge in [-0.05, 0) is 38.1 Å². The first-order chi connectivity index (χ1) is 11.0. The first kappa shape index (κ1) is 16.3. The van der Waals surface area contributed by atoms with E-state index in [-0.39, 0.29) is 0 Å². The van der Waals surface area contributed by atoms with Crippen LogP contribution in [0.15, 0.2) is 6.07 Å². The van der Waals surface area contributed by atoms with E-state index in [0.29, 0.717) is 24.1 Å². The monoisotopic (exact) mass is 329 g/mol. The molecule has 8 heteroatoms. The van der Waals surface area contributed by atoms with Crippen LogP contribution < -0.4 is 15.5 Å². The van der Waals surface area contributed by atoms with Gasteiger partial charge in [0, 0.05) is 32.2 Å². The molecule has 1 aromatic rings. The van der Waals surface area contributed by atoms with E-state index in [4.69, 9.17) is 5.73 Å². The molecular formula is C15H22F3N5. The van der Waals surface area contributed by atoms with Gasteiger partial charge in [0.2, 0.25) is 5.82 Å². The molecule has 3 rings (SSSR count). The van der Waals surface area contributed by atoms with Crippen LogP contribution in [0.5, 0.6) is 0 Å². The van der Waals surface area contributed by atoms with Crippen molar-refractivity contribution in [1.82, 2.24) is 9.97 Å². The molecule has 2 fully saturated rings. The van der Waals surface area contributed by atoms with E-state index >= 15 is 0 Å². The minimum absolute atomic E-state index is 0.387. The van der Waals surface area contributed by atoms with Crippen LogP contribution in [0.25, 0.3) is 0 Å². The summed E-state index contributed by atoms with van der Waals surface area (Å²) in [6.45, 7) is 3.62. The summed E-state index contributed by atoms with van der Waals surface area (Å²) in [7, 11) is 0. The van der Waals surface area contributed by atoms with Gasteiger partial charge >= 0.3 is 6.18 Å². The summed E-state index contributed by atoms with van der Waals surface area (Å²) in [5, 5.41) is 0. The number of halogens is 3. The van der Waals surface area contributed by atoms with Crippen LogP contribution in [0.2, 0.25) is 0 Å². The predicted octanol–water partition coefficient (Wildman–Crippen LogP) is 2.27. The van der Waals surface area contributed by atoms with Crippen LogP contribution in [0.3, 0.4) is 0 Å². The van der Waals surface area contributed by atoms with Crippen LogP contribution in [-0.2, 0) is 6.18 Å². The number of hydrogen-bond acceptors (Lipinski definition) is 5. The molecule has 0 radical (unpaired) electrons. The minimum atomic E-state index is -4.52. The van der Waals surface area contributed by atoms with Crippen LogP contribution in [-0.4, -0.2) is 42.7 Å². The fraction of sp³-hybridized carbons (Fsp3) is 0.733. The van der Waals surface area contributed by atoms with E-state index in [9.17, 15) is 13.2 Å². The third kappa shape index (κ3) is 3.68. The molecule has 0 amide bonds. The van der Waals surface area contributed by atoms with Crippen LogP contribution in [0, 0.1) is 5.92 Å². The molecule has 2 saturated heterocycles. The Balaban J connectivity index is 1.80. The fourth-order valence-electron chi connectivity index (χ4n) is 3.10. The molecule has 0 spiro atoms. The number of nitrogens with two attached hydrogens (primary N) is 1. The quantitative estimate of drug-likeness (QED) is 0.918. The highest BCUT2D eigenvalue weighted by Crippen LogP contribution is 2.32. The lowest BCUT2D eigenvalue weighted by molar-refractivity contribution is -0.144. The Morgan fingerprint density at radius 2 is 1.61 bits per heavy atom. The highest BCUT2D eigenvalue weighted by molar-refractivity contribution is 5.52. The number of hydrogen-bond donors (Lipinski definition) is 1. The van der Waals surface area contributed by atoms with Crippen molar-refractivity contribution in [3.63, 3.8) is 0 Å². The zero-order valence-electron chi connectivity index (χ0n) is 13.0. The summed E-state index contributed by atoms with van der Waals surface area (Å²) in [4.78, 5) is 11.3. The number of rotatable bonds is 4. The standard InChI is InChI=1S/C15H22F3N5/c16-15(17,18)14-20-12(22-6-1-7-22)10-13(21-14)23-8-3-11(2-5-19)4-9-23/h10-11H,1-9,19H2. The van der Waals surface area contributed by atoms with Crippen molar-refractivity contribution in [2.24, 2.45) is 11.7 Å². The van der Waals surface area contributed by atoms with E-state index < -0.39 is 12.0 Å². The number of aromatic nitrogens is 2. The third-order valence-corrected chi connectivity index (χ3v) is 4.65. The average Bonchev–Trinajstić information content (AvgIpc) is 2.45. The summed E-state index contributed by atoms with van der Waals surface area (Å²) >= 11 is 0. The number of piperidine rings is 1. The Bertz CT molecular complexity index is 536. The molecule has 0 bridgehead atoms. The molecule has 3 heterocycles. The van der Waals surface area contributed by atoms with Gasteiger partial charge in [-0.15, -0.1) is 0 Å². The predicted molar refractivity (Wildman–Crippen MR) is 82.5 cm³/mol. The summed E-state index contributed by atoms with van der Waals surface area (Å²) in [5.74, 6) is 0.300. The molecule has 0 unspecified atom stereocenters. The molecule has 0 atom stereocenters. The highest BCUT2D eigenvalue weighted by atomic mass is 19.4. The van der Waals surface area contributed by atoms with Gasteiger partial charge in [0.25, 0.3) is 0 Å². The van der Waals surface area contributed by atoms with Gasteiger partial charge < -0.3 is 15.5 Å². The first-order valence-corrected chi connectivity index (χ1v) is 8.13. The molecule has 2 aliphatic heterocycles. The normalized spacial score (nSPS) is 19.8. The Hall–Kier alpha value is -1.57. The SMILES string of the molecule is NCCC1CCN(c2cc(N3CCC3)nc(C(F)(F)F)n2)CC1. The van der Waals surface area contributed by atoms with Crippen LogP contribution >= 0.6 is 0 Å². The van der Waals surface area contributed by atoms with Gasteiger partial charge in [-0.25, -0.2) is 9.97 Å². The second kappa shape index (κ2) is 6.51. The van der Waals surface area contributed by atoms with Crippen LogP contribution in [0.1, 0.15) is 31.5 Å². The van der Waals surface area contributed by atoms with E-state index in [0.717, 1.165) is 51.9 Å². The molecule has 128 valence electrons. The van der Waals surface area contributed by atoms with Crippen molar-refractivity contribution in [3.05, 3.63) is 11.9 Å². The van der Waals surface area contributed by atoms with Crippen molar-refractivity contribution >= 4 is 11.6 Å². The van der Waals surface area contributed by atoms with Gasteiger partial charge in [-0.3, -0.25) is 0 Å². The van der Waals surface area contributed by atoms with Crippen molar-refractivity contribution in [3.8, 4) is 0 Å². The van der Waals surface area contributed by atoms with Gasteiger partial charge in [-0.1, -0.05) is 0 Å². The van der Waals surface area contributed by atoms with Gasteiger partial charge in [-0.2, -0.15) is 13.2 Å². The Morgan fingerprint density at radius 1 is 1.04 bits per heavy atom. The number of nitrogens with zero attached hydrogens (tertiary/aromatic N) is 4. The van der Waals surface area contributed by atoms with E-state index in [1.165, 1.54) is 0 Å². The smallest absolute Gasteiger partial charge is 0.356 e. The maximum atomic E-state index is 13.1. The lowest BCUT2D eigenvalue weighted by Crippen LogP contribution is -2.39. The molecule has 5 nitrogen and oxygen atoms in total. The summed E-state index contributed by atoms with van der Waals surface area (Å²) in [5.41, 5.74) is 5.58. The molecule has 2 aliphatic rings. The molecular weight excluding hydrogens is 307 g/mol.